The minimum Gasteiger partial charge on any atom is -0.375 e. The summed E-state index contributed by atoms with van der Waals surface area (Å²) in [5.41, 5.74) is 3.60. The zero-order valence-electron chi connectivity index (χ0n) is 18.0. The highest BCUT2D eigenvalue weighted by atomic mass is 16.5. The van der Waals surface area contributed by atoms with Crippen molar-refractivity contribution in [3.8, 4) is 0 Å². The third-order valence-electron chi connectivity index (χ3n) is 6.00. The van der Waals surface area contributed by atoms with E-state index in [2.05, 4.69) is 29.2 Å². The molecule has 2 aromatic carbocycles. The van der Waals surface area contributed by atoms with E-state index in [1.54, 1.807) is 4.90 Å². The maximum absolute atomic E-state index is 12.6. The topological polar surface area (TPSA) is 53.1 Å². The summed E-state index contributed by atoms with van der Waals surface area (Å²) in [7, 11) is 0. The first-order valence-electron chi connectivity index (χ1n) is 11.2. The van der Waals surface area contributed by atoms with Crippen molar-refractivity contribution in [1.29, 1.82) is 0 Å². The predicted molar refractivity (Wildman–Crippen MR) is 119 cm³/mol. The zero-order valence-corrected chi connectivity index (χ0v) is 18.0. The molecule has 0 N–H and O–H groups in total. The van der Waals surface area contributed by atoms with Crippen molar-refractivity contribution < 1.29 is 14.3 Å². The average Bonchev–Trinajstić information content (AvgIpc) is 3.40. The van der Waals surface area contributed by atoms with Crippen LogP contribution >= 0.6 is 0 Å². The van der Waals surface area contributed by atoms with Gasteiger partial charge in [-0.15, -0.1) is 0 Å². The van der Waals surface area contributed by atoms with E-state index in [0.717, 1.165) is 18.5 Å². The fourth-order valence-electron chi connectivity index (χ4n) is 4.18. The number of amides is 3. The first-order valence-corrected chi connectivity index (χ1v) is 11.2. The minimum absolute atomic E-state index is 0.144. The summed E-state index contributed by atoms with van der Waals surface area (Å²) in [6, 6.07) is 18.3. The van der Waals surface area contributed by atoms with E-state index in [1.165, 1.54) is 42.0 Å². The van der Waals surface area contributed by atoms with E-state index in [0.29, 0.717) is 26.3 Å². The van der Waals surface area contributed by atoms with Gasteiger partial charge in [0.05, 0.1) is 19.8 Å². The molecule has 0 aliphatic carbocycles. The maximum atomic E-state index is 12.6. The van der Waals surface area contributed by atoms with E-state index in [4.69, 9.17) is 4.74 Å². The first-order chi connectivity index (χ1) is 15.2. The lowest BCUT2D eigenvalue weighted by molar-refractivity contribution is -0.125. The molecule has 0 saturated carbocycles. The Morgan fingerprint density at radius 3 is 2.26 bits per heavy atom. The number of hydrogen-bond donors (Lipinski definition) is 0. The summed E-state index contributed by atoms with van der Waals surface area (Å²) < 4.78 is 5.63. The van der Waals surface area contributed by atoms with Gasteiger partial charge in [0.2, 0.25) is 5.91 Å². The molecule has 164 valence electrons. The van der Waals surface area contributed by atoms with Gasteiger partial charge in [0.1, 0.15) is 6.54 Å². The SMILES string of the molecule is O=C1CN(CCc2ccc(CN3CCCC3)cc2)C(=O)N1CCOCc1ccccc1. The van der Waals surface area contributed by atoms with E-state index in [-0.39, 0.29) is 18.5 Å². The van der Waals surface area contributed by atoms with Crippen LogP contribution in [0.2, 0.25) is 0 Å². The molecule has 2 aromatic rings. The van der Waals surface area contributed by atoms with Crippen molar-refractivity contribution in [2.24, 2.45) is 0 Å². The van der Waals surface area contributed by atoms with Crippen LogP contribution < -0.4 is 0 Å². The molecule has 4 rings (SSSR count). The van der Waals surface area contributed by atoms with E-state index >= 15 is 0 Å². The Hall–Kier alpha value is -2.70. The van der Waals surface area contributed by atoms with Gasteiger partial charge in [0, 0.05) is 13.1 Å². The molecule has 0 atom stereocenters. The lowest BCUT2D eigenvalue weighted by Crippen LogP contribution is -2.36. The second kappa shape index (κ2) is 10.6. The molecule has 2 heterocycles. The summed E-state index contributed by atoms with van der Waals surface area (Å²) in [4.78, 5) is 30.3. The molecule has 3 amide bonds. The normalized spacial score (nSPS) is 17.2. The summed E-state index contributed by atoms with van der Waals surface area (Å²) in [6.07, 6.45) is 3.36. The van der Waals surface area contributed by atoms with Crippen LogP contribution in [0, 0.1) is 0 Å². The Balaban J connectivity index is 1.19. The van der Waals surface area contributed by atoms with Crippen molar-refractivity contribution in [1.82, 2.24) is 14.7 Å². The number of carbonyl (C=O) groups is 2. The summed E-state index contributed by atoms with van der Waals surface area (Å²) in [6.45, 7) is 5.24. The monoisotopic (exact) mass is 421 g/mol. The predicted octanol–water partition coefficient (Wildman–Crippen LogP) is 3.31. The van der Waals surface area contributed by atoms with Crippen LogP contribution in [-0.2, 0) is 29.1 Å². The van der Waals surface area contributed by atoms with Crippen LogP contribution in [0.1, 0.15) is 29.5 Å². The number of carbonyl (C=O) groups excluding carboxylic acids is 2. The highest BCUT2D eigenvalue weighted by Crippen LogP contribution is 2.15. The Morgan fingerprint density at radius 2 is 1.52 bits per heavy atom. The number of ether oxygens (including phenoxy) is 1. The van der Waals surface area contributed by atoms with Crippen molar-refractivity contribution in [3.63, 3.8) is 0 Å². The Kier molecular flexibility index (Phi) is 7.33. The van der Waals surface area contributed by atoms with Crippen LogP contribution in [-0.4, -0.2) is 66.0 Å². The second-order valence-electron chi connectivity index (χ2n) is 8.34. The number of benzene rings is 2. The van der Waals surface area contributed by atoms with E-state index in [9.17, 15) is 9.59 Å². The lowest BCUT2D eigenvalue weighted by Gasteiger charge is -2.17. The molecule has 0 radical (unpaired) electrons. The standard InChI is InChI=1S/C25H31N3O3/c29-24-19-27(25(30)28(24)16-17-31-20-23-6-2-1-3-7-23)15-12-21-8-10-22(11-9-21)18-26-13-4-5-14-26/h1-3,6-11H,4-5,12-20H2. The number of urea groups is 1. The third-order valence-corrected chi connectivity index (χ3v) is 6.00. The van der Waals surface area contributed by atoms with Crippen molar-refractivity contribution in [3.05, 3.63) is 71.3 Å². The summed E-state index contributed by atoms with van der Waals surface area (Å²) >= 11 is 0. The molecule has 2 fully saturated rings. The fourth-order valence-corrected chi connectivity index (χ4v) is 4.18. The van der Waals surface area contributed by atoms with Gasteiger partial charge in [-0.1, -0.05) is 54.6 Å². The van der Waals surface area contributed by atoms with Crippen molar-refractivity contribution in [2.45, 2.75) is 32.4 Å². The molecule has 2 saturated heterocycles. The number of imide groups is 1. The first kappa shape index (κ1) is 21.5. The lowest BCUT2D eigenvalue weighted by atomic mass is 10.1. The Morgan fingerprint density at radius 1 is 0.806 bits per heavy atom. The summed E-state index contributed by atoms with van der Waals surface area (Å²) in [5.74, 6) is -0.144. The van der Waals surface area contributed by atoms with Gasteiger partial charge >= 0.3 is 6.03 Å². The largest absolute Gasteiger partial charge is 0.375 e. The van der Waals surface area contributed by atoms with E-state index < -0.39 is 0 Å². The third kappa shape index (κ3) is 5.93. The van der Waals surface area contributed by atoms with Crippen molar-refractivity contribution in [2.75, 3.05) is 39.3 Å². The molecule has 6 heteroatoms. The van der Waals surface area contributed by atoms with Gasteiger partial charge in [-0.25, -0.2) is 4.79 Å². The molecule has 0 unspecified atom stereocenters. The average molecular weight is 422 g/mol. The molecule has 2 aliphatic rings. The highest BCUT2D eigenvalue weighted by molar-refractivity contribution is 6.01. The van der Waals surface area contributed by atoms with Gasteiger partial charge in [0.25, 0.3) is 0 Å². The zero-order chi connectivity index (χ0) is 21.5. The fraction of sp³-hybridized carbons (Fsp3) is 0.440. The van der Waals surface area contributed by atoms with Gasteiger partial charge in [-0.2, -0.15) is 0 Å². The van der Waals surface area contributed by atoms with Crippen LogP contribution in [0.15, 0.2) is 54.6 Å². The summed E-state index contributed by atoms with van der Waals surface area (Å²) in [5, 5.41) is 0. The molecule has 2 aliphatic heterocycles. The van der Waals surface area contributed by atoms with Gasteiger partial charge in [-0.05, 0) is 49.0 Å². The molecule has 0 spiro atoms. The van der Waals surface area contributed by atoms with Crippen molar-refractivity contribution >= 4 is 11.9 Å². The molecule has 0 bridgehead atoms. The maximum Gasteiger partial charge on any atom is 0.327 e. The van der Waals surface area contributed by atoms with Crippen LogP contribution in [0.25, 0.3) is 0 Å². The van der Waals surface area contributed by atoms with Crippen LogP contribution in [0.4, 0.5) is 4.79 Å². The Labute approximate surface area is 184 Å². The quantitative estimate of drug-likeness (QED) is 0.436. The smallest absolute Gasteiger partial charge is 0.327 e. The molecular formula is C25H31N3O3. The number of hydrogen-bond acceptors (Lipinski definition) is 4. The number of likely N-dealkylation sites (tertiary alicyclic amines) is 1. The molecule has 0 aromatic heterocycles. The molecule has 31 heavy (non-hydrogen) atoms. The minimum atomic E-state index is -0.209. The van der Waals surface area contributed by atoms with Crippen LogP contribution in [0.5, 0.6) is 0 Å². The molecular weight excluding hydrogens is 390 g/mol. The second-order valence-corrected chi connectivity index (χ2v) is 8.34. The number of nitrogens with zero attached hydrogens (tertiary/aromatic N) is 3. The van der Waals surface area contributed by atoms with Crippen LogP contribution in [0.3, 0.4) is 0 Å². The molecule has 6 nitrogen and oxygen atoms in total. The van der Waals surface area contributed by atoms with Gasteiger partial charge in [-0.3, -0.25) is 14.6 Å². The highest BCUT2D eigenvalue weighted by Gasteiger charge is 2.35. The number of rotatable bonds is 10. The van der Waals surface area contributed by atoms with Gasteiger partial charge < -0.3 is 9.64 Å². The Bertz CT molecular complexity index is 863. The van der Waals surface area contributed by atoms with Gasteiger partial charge in [0.15, 0.2) is 0 Å². The van der Waals surface area contributed by atoms with E-state index in [1.807, 2.05) is 30.3 Å².